The normalized spacial score (nSPS) is 12.9. The van der Waals surface area contributed by atoms with Crippen molar-refractivity contribution in [2.75, 3.05) is 0 Å². The molecule has 0 radical (unpaired) electrons. The minimum absolute atomic E-state index is 0.00636. The summed E-state index contributed by atoms with van der Waals surface area (Å²) >= 11 is 0. The van der Waals surface area contributed by atoms with Crippen molar-refractivity contribution in [1.29, 1.82) is 0 Å². The largest absolute Gasteiger partial charge is 0.430 e. The summed E-state index contributed by atoms with van der Waals surface area (Å²) in [4.78, 5) is 10.8. The van der Waals surface area contributed by atoms with Crippen molar-refractivity contribution in [3.8, 4) is 11.1 Å². The van der Waals surface area contributed by atoms with E-state index in [2.05, 4.69) is 0 Å². The summed E-state index contributed by atoms with van der Waals surface area (Å²) in [6, 6.07) is 0.654. The lowest BCUT2D eigenvalue weighted by atomic mass is 9.88. The maximum Gasteiger partial charge on any atom is 0.430 e. The number of aliphatic hydroxyl groups is 1. The molecule has 2 aromatic carbocycles. The number of carbonyl (C=O) groups is 1. The van der Waals surface area contributed by atoms with Crippen molar-refractivity contribution in [1.82, 2.24) is 0 Å². The summed E-state index contributed by atoms with van der Waals surface area (Å²) in [5.74, 6) is -4.27. The lowest BCUT2D eigenvalue weighted by Crippen LogP contribution is -2.53. The summed E-state index contributed by atoms with van der Waals surface area (Å²) in [5.41, 5.74) is -10.1. The van der Waals surface area contributed by atoms with Gasteiger partial charge in [-0.05, 0) is 24.1 Å². The first-order valence-electron chi connectivity index (χ1n) is 7.82. The fraction of sp³-hybridized carbons (Fsp3) is 0.278. The fourth-order valence-electron chi connectivity index (χ4n) is 2.84. The van der Waals surface area contributed by atoms with Crippen LogP contribution in [0.25, 0.3) is 11.1 Å². The van der Waals surface area contributed by atoms with Crippen LogP contribution in [0.4, 0.5) is 39.5 Å². The zero-order valence-corrected chi connectivity index (χ0v) is 14.4. The van der Waals surface area contributed by atoms with E-state index < -0.39 is 63.2 Å². The van der Waals surface area contributed by atoms with Gasteiger partial charge in [-0.2, -0.15) is 26.3 Å². The molecule has 29 heavy (non-hydrogen) atoms. The van der Waals surface area contributed by atoms with E-state index in [4.69, 9.17) is 0 Å². The fourth-order valence-corrected chi connectivity index (χ4v) is 2.84. The second kappa shape index (κ2) is 7.36. The predicted octanol–water partition coefficient (Wildman–Crippen LogP) is 5.46. The van der Waals surface area contributed by atoms with E-state index >= 15 is 0 Å². The Morgan fingerprint density at radius 2 is 1.48 bits per heavy atom. The Morgan fingerprint density at radius 3 is 1.90 bits per heavy atom. The maximum absolute atomic E-state index is 14.4. The minimum Gasteiger partial charge on any atom is -0.369 e. The number of hydrogen-bond donors (Lipinski definition) is 1. The monoisotopic (exact) mass is 430 g/mol. The topological polar surface area (TPSA) is 37.3 Å². The van der Waals surface area contributed by atoms with Crippen molar-refractivity contribution in [3.05, 3.63) is 58.4 Å². The second-order valence-electron chi connectivity index (χ2n) is 5.99. The predicted molar refractivity (Wildman–Crippen MR) is 82.5 cm³/mol. The van der Waals surface area contributed by atoms with Crippen molar-refractivity contribution >= 4 is 6.29 Å². The Balaban J connectivity index is 2.77. The minimum atomic E-state index is -6.24. The molecule has 0 bridgehead atoms. The number of carbonyl (C=O) groups excluding carboxylic acids is 1. The second-order valence-corrected chi connectivity index (χ2v) is 5.99. The number of aldehydes is 1. The molecule has 2 rings (SSSR count). The van der Waals surface area contributed by atoms with E-state index in [9.17, 15) is 49.4 Å². The summed E-state index contributed by atoms with van der Waals surface area (Å²) in [6.45, 7) is 1.31. The molecule has 0 aromatic heterocycles. The lowest BCUT2D eigenvalue weighted by molar-refractivity contribution is -0.376. The van der Waals surface area contributed by atoms with Gasteiger partial charge < -0.3 is 5.11 Å². The van der Waals surface area contributed by atoms with Gasteiger partial charge in [-0.15, -0.1) is 0 Å². The van der Waals surface area contributed by atoms with Crippen molar-refractivity contribution in [3.63, 3.8) is 0 Å². The van der Waals surface area contributed by atoms with Crippen molar-refractivity contribution in [2.45, 2.75) is 31.3 Å². The Bertz CT molecular complexity index is 932. The highest BCUT2D eigenvalue weighted by molar-refractivity contribution is 5.80. The van der Waals surface area contributed by atoms with Crippen molar-refractivity contribution in [2.24, 2.45) is 0 Å². The van der Waals surface area contributed by atoms with Crippen LogP contribution in [0.1, 0.15) is 28.4 Å². The highest BCUT2D eigenvalue weighted by Gasteiger charge is 2.71. The zero-order chi connectivity index (χ0) is 22.4. The third kappa shape index (κ3) is 3.59. The van der Waals surface area contributed by atoms with Gasteiger partial charge in [0.25, 0.3) is 5.60 Å². The highest BCUT2D eigenvalue weighted by Crippen LogP contribution is 2.50. The van der Waals surface area contributed by atoms with E-state index in [1.165, 1.54) is 6.92 Å². The SMILES string of the molecule is CCc1c(F)c(C=O)cc(F)c1-c1ccc(C(O)(C(F)(F)F)C(F)(F)F)cc1F. The van der Waals surface area contributed by atoms with Crippen LogP contribution in [-0.2, 0) is 12.0 Å². The van der Waals surface area contributed by atoms with Gasteiger partial charge in [0.05, 0.1) is 5.56 Å². The molecular weight excluding hydrogens is 419 g/mol. The number of alkyl halides is 6. The molecule has 0 amide bonds. The van der Waals surface area contributed by atoms with Gasteiger partial charge in [-0.1, -0.05) is 19.1 Å². The van der Waals surface area contributed by atoms with E-state index in [0.29, 0.717) is 12.1 Å². The summed E-state index contributed by atoms with van der Waals surface area (Å²) in [5, 5.41) is 9.32. The van der Waals surface area contributed by atoms with Crippen LogP contribution in [0.15, 0.2) is 24.3 Å². The van der Waals surface area contributed by atoms with Gasteiger partial charge in [0.1, 0.15) is 17.5 Å². The quantitative estimate of drug-likeness (QED) is 0.517. The molecule has 1 N–H and O–H groups in total. The Morgan fingerprint density at radius 1 is 0.931 bits per heavy atom. The summed E-state index contributed by atoms with van der Waals surface area (Å²) in [7, 11) is 0. The number of hydrogen-bond acceptors (Lipinski definition) is 2. The first-order chi connectivity index (χ1) is 13.2. The third-order valence-electron chi connectivity index (χ3n) is 4.30. The molecule has 0 heterocycles. The van der Waals surface area contributed by atoms with Gasteiger partial charge in [0, 0.05) is 16.7 Å². The van der Waals surface area contributed by atoms with Gasteiger partial charge in [0.2, 0.25) is 0 Å². The molecule has 0 spiro atoms. The van der Waals surface area contributed by atoms with E-state index in [1.54, 1.807) is 0 Å². The third-order valence-corrected chi connectivity index (χ3v) is 4.30. The average Bonchev–Trinajstić information content (AvgIpc) is 2.60. The van der Waals surface area contributed by atoms with Gasteiger partial charge in [-0.25, -0.2) is 13.2 Å². The molecule has 0 aliphatic carbocycles. The Kier molecular flexibility index (Phi) is 5.77. The number of halogens is 9. The maximum atomic E-state index is 14.4. The van der Waals surface area contributed by atoms with Gasteiger partial charge in [0.15, 0.2) is 6.29 Å². The van der Waals surface area contributed by atoms with Crippen molar-refractivity contribution < 1.29 is 49.4 Å². The first-order valence-corrected chi connectivity index (χ1v) is 7.82. The van der Waals surface area contributed by atoms with Crippen LogP contribution in [0.3, 0.4) is 0 Å². The molecule has 0 fully saturated rings. The zero-order valence-electron chi connectivity index (χ0n) is 14.4. The van der Waals surface area contributed by atoms with Crippen LogP contribution >= 0.6 is 0 Å². The van der Waals surface area contributed by atoms with Crippen LogP contribution < -0.4 is 0 Å². The first kappa shape index (κ1) is 22.7. The summed E-state index contributed by atoms with van der Waals surface area (Å²) in [6.07, 6.45) is -12.8. The van der Waals surface area contributed by atoms with E-state index in [1.807, 2.05) is 0 Å². The Hall–Kier alpha value is -2.56. The Labute approximate surface area is 157 Å². The molecule has 158 valence electrons. The molecule has 0 aliphatic rings. The molecule has 0 aliphatic heterocycles. The van der Waals surface area contributed by atoms with Crippen LogP contribution in [-0.4, -0.2) is 23.7 Å². The van der Waals surface area contributed by atoms with Crippen LogP contribution in [0, 0.1) is 17.5 Å². The smallest absolute Gasteiger partial charge is 0.369 e. The van der Waals surface area contributed by atoms with Gasteiger partial charge in [-0.3, -0.25) is 4.79 Å². The van der Waals surface area contributed by atoms with E-state index in [0.717, 1.165) is 0 Å². The van der Waals surface area contributed by atoms with E-state index in [-0.39, 0.29) is 24.8 Å². The molecule has 0 unspecified atom stereocenters. The summed E-state index contributed by atoms with van der Waals surface area (Å²) < 4.78 is 121. The standard InChI is InChI=1S/C18H11F9O2/c1-2-10-14(13(20)5-8(7-28)15(10)21)11-4-3-9(6-12(11)19)16(29,17(22,23)24)18(25,26)27/h3-7,29H,2H2,1H3. The molecule has 2 aromatic rings. The number of benzene rings is 2. The molecule has 0 saturated heterocycles. The van der Waals surface area contributed by atoms with Crippen LogP contribution in [0.2, 0.25) is 0 Å². The lowest BCUT2D eigenvalue weighted by Gasteiger charge is -2.32. The number of rotatable bonds is 4. The average molecular weight is 430 g/mol. The molecular formula is C18H11F9O2. The highest BCUT2D eigenvalue weighted by atomic mass is 19.4. The molecule has 2 nitrogen and oxygen atoms in total. The molecule has 0 saturated carbocycles. The molecule has 11 heteroatoms. The molecule has 0 atom stereocenters. The van der Waals surface area contributed by atoms with Gasteiger partial charge >= 0.3 is 12.4 Å². The van der Waals surface area contributed by atoms with Crippen LogP contribution in [0.5, 0.6) is 0 Å².